The van der Waals surface area contributed by atoms with Gasteiger partial charge in [-0.1, -0.05) is 18.9 Å². The number of benzene rings is 1. The van der Waals surface area contributed by atoms with Crippen LogP contribution in [0.3, 0.4) is 0 Å². The molecular weight excluding hydrogens is 510 g/mol. The molecule has 0 saturated carbocycles. The first kappa shape index (κ1) is 24.0. The summed E-state index contributed by atoms with van der Waals surface area (Å²) in [5.74, 6) is 0.840. The lowest BCUT2D eigenvalue weighted by Gasteiger charge is -2.21. The summed E-state index contributed by atoms with van der Waals surface area (Å²) < 4.78 is 40.4. The summed E-state index contributed by atoms with van der Waals surface area (Å²) in [6, 6.07) is 9.25. The van der Waals surface area contributed by atoms with Crippen molar-refractivity contribution in [2.24, 2.45) is 10.7 Å². The lowest BCUT2D eigenvalue weighted by molar-refractivity contribution is -0.274. The number of nitrogens with two attached hydrogens (primary N) is 1. The minimum absolute atomic E-state index is 0. The molecule has 30 heavy (non-hydrogen) atoms. The first-order chi connectivity index (χ1) is 13.9. The van der Waals surface area contributed by atoms with Crippen LogP contribution in [0.5, 0.6) is 5.75 Å². The van der Waals surface area contributed by atoms with E-state index in [9.17, 15) is 13.2 Å². The highest BCUT2D eigenvalue weighted by Crippen LogP contribution is 2.24. The first-order valence-corrected chi connectivity index (χ1v) is 9.52. The minimum Gasteiger partial charge on any atom is -0.406 e. The molecule has 0 atom stereocenters. The van der Waals surface area contributed by atoms with E-state index in [2.05, 4.69) is 24.9 Å². The van der Waals surface area contributed by atoms with E-state index in [1.807, 2.05) is 12.1 Å². The average Bonchev–Trinajstić information content (AvgIpc) is 2.97. The van der Waals surface area contributed by atoms with Crippen LogP contribution in [0, 0.1) is 0 Å². The van der Waals surface area contributed by atoms with Gasteiger partial charge in [0, 0.05) is 25.0 Å². The van der Waals surface area contributed by atoms with Gasteiger partial charge in [-0.2, -0.15) is 0 Å². The van der Waals surface area contributed by atoms with Crippen molar-refractivity contribution in [1.29, 1.82) is 0 Å². The highest BCUT2D eigenvalue weighted by molar-refractivity contribution is 14.0. The average molecular weight is 535 g/mol. The fourth-order valence-electron chi connectivity index (χ4n) is 3.10. The van der Waals surface area contributed by atoms with Gasteiger partial charge in [0.25, 0.3) is 0 Å². The molecule has 3 N–H and O–H groups in total. The van der Waals surface area contributed by atoms with E-state index in [1.165, 1.54) is 49.9 Å². The van der Waals surface area contributed by atoms with Crippen LogP contribution in [0.4, 0.5) is 24.7 Å². The van der Waals surface area contributed by atoms with Gasteiger partial charge in [-0.15, -0.1) is 37.1 Å². The Balaban J connectivity index is 0.00000320. The number of guanidine groups is 1. The maximum Gasteiger partial charge on any atom is 0.573 e. The second-order valence-electron chi connectivity index (χ2n) is 6.82. The van der Waals surface area contributed by atoms with Gasteiger partial charge in [0.1, 0.15) is 11.6 Å². The third kappa shape index (κ3) is 7.88. The van der Waals surface area contributed by atoms with E-state index in [0.29, 0.717) is 12.2 Å². The zero-order valence-corrected chi connectivity index (χ0v) is 18.7. The Labute approximate surface area is 190 Å². The molecule has 1 saturated heterocycles. The predicted molar refractivity (Wildman–Crippen MR) is 122 cm³/mol. The van der Waals surface area contributed by atoms with Crippen LogP contribution in [0.2, 0.25) is 0 Å². The van der Waals surface area contributed by atoms with Crippen molar-refractivity contribution < 1.29 is 17.9 Å². The Bertz CT molecular complexity index is 805. The molecule has 3 rings (SSSR count). The van der Waals surface area contributed by atoms with Crippen molar-refractivity contribution in [3.05, 3.63) is 48.2 Å². The molecule has 164 valence electrons. The van der Waals surface area contributed by atoms with E-state index >= 15 is 0 Å². The maximum atomic E-state index is 12.2. The van der Waals surface area contributed by atoms with Crippen LogP contribution in [-0.4, -0.2) is 30.4 Å². The molecule has 1 fully saturated rings. The molecule has 10 heteroatoms. The standard InChI is InChI=1S/C20H24F3N5O.HI/c21-20(22,23)29-17-8-6-16(7-9-17)27-19(24)26-14-15-5-10-18(25-13-15)28-11-3-1-2-4-12-28;/h5-10,13H,1-4,11-12,14H2,(H3,24,26,27);1H. The fraction of sp³-hybridized carbons (Fsp3) is 0.400. The number of aromatic nitrogens is 1. The number of nitrogens with zero attached hydrogens (tertiary/aromatic N) is 3. The topological polar surface area (TPSA) is 75.8 Å². The quantitative estimate of drug-likeness (QED) is 0.324. The molecule has 2 aromatic rings. The lowest BCUT2D eigenvalue weighted by Crippen LogP contribution is -2.24. The smallest absolute Gasteiger partial charge is 0.406 e. The van der Waals surface area contributed by atoms with E-state index < -0.39 is 6.36 Å². The Morgan fingerprint density at radius 2 is 1.73 bits per heavy atom. The SMILES string of the molecule is I.NC(=NCc1ccc(N2CCCCCC2)nc1)Nc1ccc(OC(F)(F)F)cc1. The molecule has 0 amide bonds. The highest BCUT2D eigenvalue weighted by atomic mass is 127. The molecule has 1 aromatic heterocycles. The zero-order chi connectivity index (χ0) is 20.7. The van der Waals surface area contributed by atoms with Gasteiger partial charge in [0.05, 0.1) is 6.54 Å². The van der Waals surface area contributed by atoms with Crippen molar-refractivity contribution in [2.75, 3.05) is 23.3 Å². The number of nitrogens with one attached hydrogen (secondary N) is 1. The number of hydrogen-bond acceptors (Lipinski definition) is 4. The van der Waals surface area contributed by atoms with Gasteiger partial charge in [-0.3, -0.25) is 0 Å². The van der Waals surface area contributed by atoms with Crippen molar-refractivity contribution in [1.82, 2.24) is 4.98 Å². The zero-order valence-electron chi connectivity index (χ0n) is 16.4. The molecule has 1 aromatic carbocycles. The van der Waals surface area contributed by atoms with Crippen LogP contribution in [0.25, 0.3) is 0 Å². The molecule has 2 heterocycles. The van der Waals surface area contributed by atoms with Crippen LogP contribution in [0.15, 0.2) is 47.6 Å². The molecule has 0 unspecified atom stereocenters. The number of pyridine rings is 1. The van der Waals surface area contributed by atoms with Crippen LogP contribution < -0.4 is 20.7 Å². The van der Waals surface area contributed by atoms with Gasteiger partial charge in [0.15, 0.2) is 5.96 Å². The van der Waals surface area contributed by atoms with Crippen molar-refractivity contribution >= 4 is 41.4 Å². The fourth-order valence-corrected chi connectivity index (χ4v) is 3.10. The summed E-state index contributed by atoms with van der Waals surface area (Å²) in [7, 11) is 0. The molecule has 1 aliphatic heterocycles. The molecular formula is C20H25F3IN5O. The monoisotopic (exact) mass is 535 g/mol. The number of hydrogen-bond donors (Lipinski definition) is 2. The van der Waals surface area contributed by atoms with E-state index in [-0.39, 0.29) is 35.7 Å². The highest BCUT2D eigenvalue weighted by Gasteiger charge is 2.30. The largest absolute Gasteiger partial charge is 0.573 e. The summed E-state index contributed by atoms with van der Waals surface area (Å²) in [4.78, 5) is 11.1. The molecule has 0 radical (unpaired) electrons. The number of anilines is 2. The number of halogens is 4. The summed E-state index contributed by atoms with van der Waals surface area (Å²) in [6.45, 7) is 2.42. The predicted octanol–water partition coefficient (Wildman–Crippen LogP) is 4.91. The van der Waals surface area contributed by atoms with E-state index in [0.717, 1.165) is 24.5 Å². The molecule has 1 aliphatic rings. The maximum absolute atomic E-state index is 12.2. The van der Waals surface area contributed by atoms with Gasteiger partial charge < -0.3 is 20.7 Å². The minimum atomic E-state index is -4.72. The van der Waals surface area contributed by atoms with Crippen molar-refractivity contribution in [2.45, 2.75) is 38.6 Å². The first-order valence-electron chi connectivity index (χ1n) is 9.52. The number of rotatable bonds is 5. The molecule has 0 aliphatic carbocycles. The van der Waals surface area contributed by atoms with E-state index in [4.69, 9.17) is 5.73 Å². The lowest BCUT2D eigenvalue weighted by atomic mass is 10.2. The van der Waals surface area contributed by atoms with Gasteiger partial charge >= 0.3 is 6.36 Å². The Kier molecular flexibility index (Phi) is 9.00. The number of alkyl halides is 3. The van der Waals surface area contributed by atoms with Crippen molar-refractivity contribution in [3.8, 4) is 5.75 Å². The Morgan fingerprint density at radius 3 is 2.30 bits per heavy atom. The molecule has 0 bridgehead atoms. The summed E-state index contributed by atoms with van der Waals surface area (Å²) in [5.41, 5.74) is 7.28. The summed E-state index contributed by atoms with van der Waals surface area (Å²) >= 11 is 0. The van der Waals surface area contributed by atoms with E-state index in [1.54, 1.807) is 6.20 Å². The second kappa shape index (κ2) is 11.2. The van der Waals surface area contributed by atoms with Gasteiger partial charge in [-0.25, -0.2) is 9.98 Å². The number of ether oxygens (including phenoxy) is 1. The summed E-state index contributed by atoms with van der Waals surface area (Å²) in [5, 5.41) is 2.83. The Morgan fingerprint density at radius 1 is 1.07 bits per heavy atom. The third-order valence-electron chi connectivity index (χ3n) is 4.53. The normalized spacial score (nSPS) is 15.2. The van der Waals surface area contributed by atoms with Gasteiger partial charge in [0.2, 0.25) is 0 Å². The Hall–Kier alpha value is -2.24. The van der Waals surface area contributed by atoms with Crippen molar-refractivity contribution in [3.63, 3.8) is 0 Å². The summed E-state index contributed by atoms with van der Waals surface area (Å²) in [6.07, 6.45) is 2.01. The third-order valence-corrected chi connectivity index (χ3v) is 4.53. The molecule has 0 spiro atoms. The van der Waals surface area contributed by atoms with Crippen LogP contribution in [0.1, 0.15) is 31.2 Å². The molecule has 6 nitrogen and oxygen atoms in total. The van der Waals surface area contributed by atoms with Crippen LogP contribution in [-0.2, 0) is 6.54 Å². The second-order valence-corrected chi connectivity index (χ2v) is 6.82. The van der Waals surface area contributed by atoms with Crippen LogP contribution >= 0.6 is 24.0 Å². The van der Waals surface area contributed by atoms with Gasteiger partial charge in [-0.05, 0) is 48.7 Å². The number of aliphatic imine (C=N–C) groups is 1.